The number of halogens is 4. The summed E-state index contributed by atoms with van der Waals surface area (Å²) in [5, 5.41) is -0.432. The van der Waals surface area contributed by atoms with Gasteiger partial charge < -0.3 is 4.74 Å². The van der Waals surface area contributed by atoms with Gasteiger partial charge in [-0.1, -0.05) is 33.6 Å². The second-order valence-corrected chi connectivity index (χ2v) is 6.44. The number of rotatable bonds is 3. The molecule has 1 atom stereocenters. The van der Waals surface area contributed by atoms with Gasteiger partial charge >= 0.3 is 0 Å². The second-order valence-electron chi connectivity index (χ2n) is 4.75. The summed E-state index contributed by atoms with van der Waals surface area (Å²) in [7, 11) is 1.58. The molecule has 0 amide bonds. The Kier molecular flexibility index (Phi) is 5.18. The quantitative estimate of drug-likeness (QED) is 0.566. The van der Waals surface area contributed by atoms with Crippen LogP contribution in [0.2, 0.25) is 5.02 Å². The third kappa shape index (κ3) is 3.05. The summed E-state index contributed by atoms with van der Waals surface area (Å²) in [6.45, 7) is 3.82. The summed E-state index contributed by atoms with van der Waals surface area (Å²) in [5.74, 6) is 0.219. The summed E-state index contributed by atoms with van der Waals surface area (Å²) in [6, 6.07) is 6.48. The highest BCUT2D eigenvalue weighted by molar-refractivity contribution is 9.10. The maximum absolute atomic E-state index is 14.1. The van der Waals surface area contributed by atoms with Crippen molar-refractivity contribution in [2.24, 2.45) is 0 Å². The van der Waals surface area contributed by atoms with Crippen LogP contribution in [0.5, 0.6) is 5.75 Å². The van der Waals surface area contributed by atoms with Gasteiger partial charge in [-0.25, -0.2) is 4.39 Å². The average molecular weight is 392 g/mol. The van der Waals surface area contributed by atoms with Crippen LogP contribution in [0.25, 0.3) is 0 Å². The third-order valence-electron chi connectivity index (χ3n) is 3.42. The van der Waals surface area contributed by atoms with Crippen molar-refractivity contribution in [3.8, 4) is 5.75 Å². The minimum atomic E-state index is -0.732. The molecular formula is C16H14BrCl2FO. The molecule has 0 spiro atoms. The van der Waals surface area contributed by atoms with Gasteiger partial charge in [-0.15, -0.1) is 11.6 Å². The number of benzene rings is 2. The van der Waals surface area contributed by atoms with Gasteiger partial charge in [-0.3, -0.25) is 0 Å². The number of aryl methyl sites for hydroxylation is 1. The minimum absolute atomic E-state index is 0.264. The molecule has 21 heavy (non-hydrogen) atoms. The largest absolute Gasteiger partial charge is 0.496 e. The molecule has 2 aromatic rings. The monoisotopic (exact) mass is 390 g/mol. The summed E-state index contributed by atoms with van der Waals surface area (Å²) in [4.78, 5) is 0. The molecule has 0 aliphatic heterocycles. The highest BCUT2D eigenvalue weighted by atomic mass is 79.9. The van der Waals surface area contributed by atoms with Gasteiger partial charge in [0.15, 0.2) is 0 Å². The molecule has 0 saturated heterocycles. The average Bonchev–Trinajstić information content (AvgIpc) is 2.42. The number of hydrogen-bond donors (Lipinski definition) is 0. The molecule has 0 saturated carbocycles. The first kappa shape index (κ1) is 16.6. The lowest BCUT2D eigenvalue weighted by molar-refractivity contribution is 0.406. The normalized spacial score (nSPS) is 12.3. The van der Waals surface area contributed by atoms with Crippen molar-refractivity contribution in [2.75, 3.05) is 7.11 Å². The van der Waals surface area contributed by atoms with E-state index in [1.807, 2.05) is 19.9 Å². The maximum atomic E-state index is 14.1. The smallest absolute Gasteiger partial charge is 0.129 e. The summed E-state index contributed by atoms with van der Waals surface area (Å²) in [6.07, 6.45) is 0. The topological polar surface area (TPSA) is 9.23 Å². The molecule has 1 unspecified atom stereocenters. The zero-order chi connectivity index (χ0) is 15.7. The molecule has 2 aromatic carbocycles. The zero-order valence-corrected chi connectivity index (χ0v) is 14.9. The van der Waals surface area contributed by atoms with E-state index >= 15 is 0 Å². The molecule has 0 radical (unpaired) electrons. The van der Waals surface area contributed by atoms with Gasteiger partial charge in [0, 0.05) is 20.6 Å². The summed E-state index contributed by atoms with van der Waals surface area (Å²) in [5.41, 5.74) is 2.80. The number of methoxy groups -OCH3 is 1. The van der Waals surface area contributed by atoms with E-state index in [9.17, 15) is 4.39 Å². The first-order valence-corrected chi connectivity index (χ1v) is 7.90. The lowest BCUT2D eigenvalue weighted by atomic mass is 9.96. The van der Waals surface area contributed by atoms with Gasteiger partial charge in [-0.05, 0) is 43.2 Å². The Morgan fingerprint density at radius 3 is 2.48 bits per heavy atom. The van der Waals surface area contributed by atoms with Crippen LogP contribution >= 0.6 is 39.1 Å². The highest BCUT2D eigenvalue weighted by Gasteiger charge is 2.25. The molecule has 2 rings (SSSR count). The summed E-state index contributed by atoms with van der Waals surface area (Å²) >= 11 is 16.2. The fourth-order valence-electron chi connectivity index (χ4n) is 2.35. The summed E-state index contributed by atoms with van der Waals surface area (Å²) < 4.78 is 20.5. The molecule has 0 N–H and O–H groups in total. The van der Waals surface area contributed by atoms with Crippen LogP contribution in [0.3, 0.4) is 0 Å². The maximum Gasteiger partial charge on any atom is 0.129 e. The van der Waals surface area contributed by atoms with Crippen LogP contribution in [0.4, 0.5) is 4.39 Å². The Labute approximate surface area is 142 Å². The van der Waals surface area contributed by atoms with Crippen LogP contribution in [-0.4, -0.2) is 7.11 Å². The standard InChI is InChI=1S/C16H14BrCl2FO/c1-8-7-10(17)9(2)13(16(8)21-3)15(19)14-11(18)5-4-6-12(14)20/h4-7,15H,1-3H3. The van der Waals surface area contributed by atoms with Crippen LogP contribution in [-0.2, 0) is 0 Å². The zero-order valence-electron chi connectivity index (χ0n) is 11.8. The van der Waals surface area contributed by atoms with Crippen molar-refractivity contribution in [1.29, 1.82) is 0 Å². The third-order valence-corrected chi connectivity index (χ3v) is 5.01. The van der Waals surface area contributed by atoms with E-state index in [-0.39, 0.29) is 5.56 Å². The molecule has 1 nitrogen and oxygen atoms in total. The van der Waals surface area contributed by atoms with E-state index in [4.69, 9.17) is 27.9 Å². The van der Waals surface area contributed by atoms with E-state index in [0.29, 0.717) is 10.8 Å². The molecular weight excluding hydrogens is 378 g/mol. The molecule has 0 bridgehead atoms. The highest BCUT2D eigenvalue weighted by Crippen LogP contribution is 2.44. The lowest BCUT2D eigenvalue weighted by Gasteiger charge is -2.21. The van der Waals surface area contributed by atoms with Gasteiger partial charge in [0.25, 0.3) is 0 Å². The van der Waals surface area contributed by atoms with E-state index < -0.39 is 11.2 Å². The lowest BCUT2D eigenvalue weighted by Crippen LogP contribution is -2.05. The SMILES string of the molecule is COc1c(C)cc(Br)c(C)c1C(Cl)c1c(F)cccc1Cl. The first-order valence-electron chi connectivity index (χ1n) is 6.30. The van der Waals surface area contributed by atoms with Gasteiger partial charge in [0.2, 0.25) is 0 Å². The fraction of sp³-hybridized carbons (Fsp3) is 0.250. The predicted octanol–water partition coefficient (Wildman–Crippen LogP) is 6.20. The molecule has 0 aliphatic rings. The van der Waals surface area contributed by atoms with Crippen LogP contribution in [0.1, 0.15) is 27.6 Å². The number of ether oxygens (including phenoxy) is 1. The van der Waals surface area contributed by atoms with E-state index in [1.165, 1.54) is 6.07 Å². The van der Waals surface area contributed by atoms with Gasteiger partial charge in [0.05, 0.1) is 12.5 Å². The van der Waals surface area contributed by atoms with Crippen molar-refractivity contribution in [1.82, 2.24) is 0 Å². The predicted molar refractivity (Wildman–Crippen MR) is 89.3 cm³/mol. The van der Waals surface area contributed by atoms with Gasteiger partial charge in [-0.2, -0.15) is 0 Å². The second kappa shape index (κ2) is 6.55. The Balaban J connectivity index is 2.71. The number of alkyl halides is 1. The van der Waals surface area contributed by atoms with E-state index in [1.54, 1.807) is 19.2 Å². The molecule has 0 fully saturated rings. The van der Waals surface area contributed by atoms with Crippen LogP contribution in [0.15, 0.2) is 28.7 Å². The number of hydrogen-bond acceptors (Lipinski definition) is 1. The van der Waals surface area contributed by atoms with Gasteiger partial charge in [0.1, 0.15) is 11.6 Å². The molecule has 0 aromatic heterocycles. The van der Waals surface area contributed by atoms with Crippen molar-refractivity contribution >= 4 is 39.1 Å². The molecule has 5 heteroatoms. The molecule has 112 valence electrons. The Morgan fingerprint density at radius 1 is 1.24 bits per heavy atom. The first-order chi connectivity index (χ1) is 9.88. The molecule has 0 heterocycles. The van der Waals surface area contributed by atoms with E-state index in [0.717, 1.165) is 21.2 Å². The minimum Gasteiger partial charge on any atom is -0.496 e. The van der Waals surface area contributed by atoms with Crippen LogP contribution in [0, 0.1) is 19.7 Å². The van der Waals surface area contributed by atoms with Crippen molar-refractivity contribution < 1.29 is 9.13 Å². The van der Waals surface area contributed by atoms with E-state index in [2.05, 4.69) is 15.9 Å². The fourth-order valence-corrected chi connectivity index (χ4v) is 3.72. The Hall–Kier alpha value is -0.770. The van der Waals surface area contributed by atoms with Crippen molar-refractivity contribution in [3.05, 3.63) is 61.8 Å². The van der Waals surface area contributed by atoms with Crippen molar-refractivity contribution in [3.63, 3.8) is 0 Å². The van der Waals surface area contributed by atoms with Crippen molar-refractivity contribution in [2.45, 2.75) is 19.2 Å². The Bertz CT molecular complexity index is 668. The molecule has 0 aliphatic carbocycles. The van der Waals surface area contributed by atoms with Crippen LogP contribution < -0.4 is 4.74 Å². The Morgan fingerprint density at radius 2 is 1.90 bits per heavy atom.